The van der Waals surface area contributed by atoms with Crippen LogP contribution >= 0.6 is 0 Å². The molecule has 0 aliphatic carbocycles. The third-order valence-electron chi connectivity index (χ3n) is 5.39. The summed E-state index contributed by atoms with van der Waals surface area (Å²) in [4.78, 5) is 24.1. The number of carbonyl (C=O) groups is 2. The lowest BCUT2D eigenvalue weighted by atomic mass is 9.98. The van der Waals surface area contributed by atoms with Crippen molar-refractivity contribution >= 4 is 11.6 Å². The molecule has 6 nitrogen and oxygen atoms in total. The molecule has 0 aromatic heterocycles. The Morgan fingerprint density at radius 1 is 1.09 bits per heavy atom. The zero-order valence-electron chi connectivity index (χ0n) is 19.6. The first-order chi connectivity index (χ1) is 15.6. The lowest BCUT2D eigenvalue weighted by molar-refractivity contribution is -0.120. The number of methoxy groups -OCH3 is 1. The number of rotatable bonds is 17. The third kappa shape index (κ3) is 11.6. The van der Waals surface area contributed by atoms with Crippen molar-refractivity contribution in [1.29, 1.82) is 0 Å². The van der Waals surface area contributed by atoms with Crippen LogP contribution < -0.4 is 4.74 Å². The molecule has 1 atom stereocenters. The van der Waals surface area contributed by atoms with Gasteiger partial charge in [-0.1, -0.05) is 25.1 Å². The van der Waals surface area contributed by atoms with Gasteiger partial charge in [-0.25, -0.2) is 0 Å². The van der Waals surface area contributed by atoms with Gasteiger partial charge in [0, 0.05) is 25.9 Å². The van der Waals surface area contributed by atoms with E-state index < -0.39 is 0 Å². The lowest BCUT2D eigenvalue weighted by Gasteiger charge is -2.10. The fraction of sp³-hybridized carbons (Fsp3) is 0.615. The van der Waals surface area contributed by atoms with Crippen LogP contribution in [0, 0.1) is 5.92 Å². The summed E-state index contributed by atoms with van der Waals surface area (Å²) >= 11 is 0. The van der Waals surface area contributed by atoms with Gasteiger partial charge in [0.2, 0.25) is 0 Å². The van der Waals surface area contributed by atoms with E-state index in [4.69, 9.17) is 18.9 Å². The van der Waals surface area contributed by atoms with Gasteiger partial charge in [0.25, 0.3) is 0 Å². The highest BCUT2D eigenvalue weighted by molar-refractivity contribution is 5.89. The van der Waals surface area contributed by atoms with E-state index in [9.17, 15) is 9.59 Å². The summed E-state index contributed by atoms with van der Waals surface area (Å²) in [6.45, 7) is 4.56. The summed E-state index contributed by atoms with van der Waals surface area (Å²) in [6, 6.07) is 7.81. The van der Waals surface area contributed by atoms with E-state index in [0.29, 0.717) is 45.7 Å². The van der Waals surface area contributed by atoms with Crippen molar-refractivity contribution in [2.45, 2.75) is 71.2 Å². The van der Waals surface area contributed by atoms with Gasteiger partial charge in [0.1, 0.15) is 11.5 Å². The average Bonchev–Trinajstić information content (AvgIpc) is 3.30. The Bertz CT molecular complexity index is 691. The molecule has 2 rings (SSSR count). The Hall–Kier alpha value is -2.02. The van der Waals surface area contributed by atoms with Crippen LogP contribution in [-0.2, 0) is 30.4 Å². The molecule has 1 aliphatic rings. The van der Waals surface area contributed by atoms with Crippen molar-refractivity contribution in [3.63, 3.8) is 0 Å². The maximum Gasteiger partial charge on any atom is 0.157 e. The van der Waals surface area contributed by atoms with Gasteiger partial charge in [0.05, 0.1) is 26.9 Å². The predicted molar refractivity (Wildman–Crippen MR) is 124 cm³/mol. The number of allylic oxidation sites excluding steroid dienone is 2. The second-order valence-electron chi connectivity index (χ2n) is 8.37. The maximum atomic E-state index is 12.1. The fourth-order valence-electron chi connectivity index (χ4n) is 3.54. The summed E-state index contributed by atoms with van der Waals surface area (Å²) < 4.78 is 21.6. The number of hydrogen-bond acceptors (Lipinski definition) is 6. The first kappa shape index (κ1) is 26.2. The van der Waals surface area contributed by atoms with Crippen LogP contribution in [0.2, 0.25) is 0 Å². The van der Waals surface area contributed by atoms with Crippen LogP contribution in [0.15, 0.2) is 36.4 Å². The molecule has 1 saturated heterocycles. The highest BCUT2D eigenvalue weighted by Gasteiger charge is 2.16. The van der Waals surface area contributed by atoms with E-state index in [2.05, 4.69) is 6.92 Å². The summed E-state index contributed by atoms with van der Waals surface area (Å²) in [6.07, 6.45) is 9.08. The molecule has 0 spiro atoms. The molecule has 6 heteroatoms. The quantitative estimate of drug-likeness (QED) is 0.247. The first-order valence-electron chi connectivity index (χ1n) is 11.7. The van der Waals surface area contributed by atoms with E-state index in [1.165, 1.54) is 0 Å². The molecule has 0 N–H and O–H groups in total. The minimum Gasteiger partial charge on any atom is -0.497 e. The number of carbonyl (C=O) groups excluding carboxylic acids is 2. The standard InChI is InChI=1S/C26H38O6/c1-21(19-24(28)10-6-11-26-31-17-18-32-26)7-5-9-23(27)8-3-4-16-30-20-22-12-14-25(29-2)15-13-22/h5,9,12-15,21,26H,3-4,6-8,10-11,16-20H2,1-2H3/b9-5+/t21-/m1/s1. The van der Waals surface area contributed by atoms with Crippen LogP contribution in [-0.4, -0.2) is 44.8 Å². The van der Waals surface area contributed by atoms with E-state index in [1.54, 1.807) is 13.2 Å². The van der Waals surface area contributed by atoms with Crippen molar-refractivity contribution < 1.29 is 28.5 Å². The Balaban J connectivity index is 1.45. The number of hydrogen-bond donors (Lipinski definition) is 0. The van der Waals surface area contributed by atoms with Crippen molar-refractivity contribution in [3.05, 3.63) is 42.0 Å². The number of ketones is 2. The fourth-order valence-corrected chi connectivity index (χ4v) is 3.54. The predicted octanol–water partition coefficient (Wildman–Crippen LogP) is 5.04. The molecule has 1 fully saturated rings. The molecular weight excluding hydrogens is 408 g/mol. The number of Topliss-reactive ketones (excluding diaryl/α,β-unsaturated/α-hetero) is 1. The van der Waals surface area contributed by atoms with Crippen molar-refractivity contribution in [3.8, 4) is 5.75 Å². The van der Waals surface area contributed by atoms with Gasteiger partial charge in [-0.05, 0) is 61.8 Å². The van der Waals surface area contributed by atoms with Gasteiger partial charge in [-0.2, -0.15) is 0 Å². The molecular formula is C26H38O6. The Morgan fingerprint density at radius 2 is 1.84 bits per heavy atom. The molecule has 1 aromatic rings. The number of unbranched alkanes of at least 4 members (excludes halogenated alkanes) is 1. The molecule has 0 saturated carbocycles. The van der Waals surface area contributed by atoms with Gasteiger partial charge in [-0.3, -0.25) is 9.59 Å². The van der Waals surface area contributed by atoms with E-state index in [1.807, 2.05) is 30.3 Å². The Morgan fingerprint density at radius 3 is 2.56 bits per heavy atom. The summed E-state index contributed by atoms with van der Waals surface area (Å²) in [5.74, 6) is 1.49. The van der Waals surface area contributed by atoms with Crippen LogP contribution in [0.4, 0.5) is 0 Å². The van der Waals surface area contributed by atoms with Crippen LogP contribution in [0.25, 0.3) is 0 Å². The van der Waals surface area contributed by atoms with Crippen molar-refractivity contribution in [1.82, 2.24) is 0 Å². The molecule has 178 valence electrons. The van der Waals surface area contributed by atoms with E-state index in [-0.39, 0.29) is 23.8 Å². The SMILES string of the molecule is COc1ccc(COCCCCC(=O)/C=C/C[C@@H](C)CC(=O)CCCC2OCCO2)cc1. The molecule has 0 radical (unpaired) electrons. The zero-order valence-corrected chi connectivity index (χ0v) is 19.6. The highest BCUT2D eigenvalue weighted by atomic mass is 16.7. The largest absolute Gasteiger partial charge is 0.497 e. The topological polar surface area (TPSA) is 71.1 Å². The van der Waals surface area contributed by atoms with Gasteiger partial charge in [0.15, 0.2) is 12.1 Å². The normalized spacial score (nSPS) is 15.3. The Kier molecular flexibility index (Phi) is 12.9. The smallest absolute Gasteiger partial charge is 0.157 e. The summed E-state index contributed by atoms with van der Waals surface area (Å²) in [5.41, 5.74) is 1.11. The van der Waals surface area contributed by atoms with Gasteiger partial charge >= 0.3 is 0 Å². The molecule has 1 heterocycles. The van der Waals surface area contributed by atoms with Gasteiger partial charge in [-0.15, -0.1) is 0 Å². The van der Waals surface area contributed by atoms with Crippen LogP contribution in [0.3, 0.4) is 0 Å². The van der Waals surface area contributed by atoms with Crippen LogP contribution in [0.5, 0.6) is 5.75 Å². The van der Waals surface area contributed by atoms with E-state index >= 15 is 0 Å². The average molecular weight is 447 g/mol. The Labute approximate surface area is 192 Å². The third-order valence-corrected chi connectivity index (χ3v) is 5.39. The first-order valence-corrected chi connectivity index (χ1v) is 11.7. The van der Waals surface area contributed by atoms with Crippen LogP contribution in [0.1, 0.15) is 63.9 Å². The minimum atomic E-state index is -0.130. The lowest BCUT2D eigenvalue weighted by Crippen LogP contribution is -2.10. The molecule has 0 bridgehead atoms. The van der Waals surface area contributed by atoms with Crippen molar-refractivity contribution in [2.24, 2.45) is 5.92 Å². The minimum absolute atomic E-state index is 0.130. The molecule has 32 heavy (non-hydrogen) atoms. The number of benzene rings is 1. The summed E-state index contributed by atoms with van der Waals surface area (Å²) in [7, 11) is 1.65. The van der Waals surface area contributed by atoms with Crippen molar-refractivity contribution in [2.75, 3.05) is 26.9 Å². The van der Waals surface area contributed by atoms with E-state index in [0.717, 1.165) is 43.4 Å². The maximum absolute atomic E-state index is 12.1. The zero-order chi connectivity index (χ0) is 23.0. The number of ether oxygens (including phenoxy) is 4. The molecule has 0 unspecified atom stereocenters. The molecule has 1 aliphatic heterocycles. The summed E-state index contributed by atoms with van der Waals surface area (Å²) in [5, 5.41) is 0. The monoisotopic (exact) mass is 446 g/mol. The highest BCUT2D eigenvalue weighted by Crippen LogP contribution is 2.16. The molecule has 0 amide bonds. The second-order valence-corrected chi connectivity index (χ2v) is 8.37. The van der Waals surface area contributed by atoms with Gasteiger partial charge < -0.3 is 18.9 Å². The second kappa shape index (κ2) is 15.7. The molecule has 1 aromatic carbocycles.